The largest absolute Gasteiger partial charge is 0.351 e. The van der Waals surface area contributed by atoms with Crippen LogP contribution in [-0.2, 0) is 13.0 Å². The number of aromatic nitrogens is 2. The van der Waals surface area contributed by atoms with Crippen LogP contribution in [0.3, 0.4) is 0 Å². The first-order valence-corrected chi connectivity index (χ1v) is 11.0. The molecule has 7 heteroatoms. The van der Waals surface area contributed by atoms with Gasteiger partial charge in [0.05, 0.1) is 10.3 Å². The fraction of sp³-hybridized carbons (Fsp3) is 0.650. The Bertz CT molecular complexity index is 895. The third-order valence-electron chi connectivity index (χ3n) is 5.75. The minimum absolute atomic E-state index is 0.0209. The standard InChI is InChI=1S/C20H28N4O2S/c1-14-16-19(22-15-8-3-6-13-24(15)20(16)26)27-17(14)18(25)21-9-7-12-23-10-4-2-5-11-23/h2-13H2,1H3,(H,21,25). The summed E-state index contributed by atoms with van der Waals surface area (Å²) in [4.78, 5) is 34.0. The molecule has 0 atom stereocenters. The maximum absolute atomic E-state index is 12.9. The summed E-state index contributed by atoms with van der Waals surface area (Å²) in [5, 5.41) is 3.67. The molecule has 2 aliphatic rings. The predicted octanol–water partition coefficient (Wildman–Crippen LogP) is 2.71. The van der Waals surface area contributed by atoms with Crippen molar-refractivity contribution in [2.45, 2.75) is 58.4 Å². The van der Waals surface area contributed by atoms with E-state index in [0.29, 0.717) is 21.6 Å². The molecule has 1 N–H and O–H groups in total. The molecule has 4 heterocycles. The lowest BCUT2D eigenvalue weighted by Gasteiger charge is -2.26. The maximum Gasteiger partial charge on any atom is 0.262 e. The summed E-state index contributed by atoms with van der Waals surface area (Å²) in [6.45, 7) is 6.70. The Morgan fingerprint density at radius 3 is 2.74 bits per heavy atom. The van der Waals surface area contributed by atoms with Gasteiger partial charge in [-0.3, -0.25) is 14.2 Å². The van der Waals surface area contributed by atoms with Crippen molar-refractivity contribution in [1.82, 2.24) is 19.8 Å². The Morgan fingerprint density at radius 2 is 1.93 bits per heavy atom. The predicted molar refractivity (Wildman–Crippen MR) is 109 cm³/mol. The van der Waals surface area contributed by atoms with Gasteiger partial charge in [-0.15, -0.1) is 11.3 Å². The summed E-state index contributed by atoms with van der Waals surface area (Å²) in [7, 11) is 0. The summed E-state index contributed by atoms with van der Waals surface area (Å²) >= 11 is 1.36. The van der Waals surface area contributed by atoms with Crippen molar-refractivity contribution in [2.24, 2.45) is 0 Å². The lowest BCUT2D eigenvalue weighted by molar-refractivity contribution is 0.0954. The van der Waals surface area contributed by atoms with Crippen molar-refractivity contribution in [3.63, 3.8) is 0 Å². The van der Waals surface area contributed by atoms with E-state index < -0.39 is 0 Å². The number of amides is 1. The van der Waals surface area contributed by atoms with Gasteiger partial charge in [0.1, 0.15) is 10.7 Å². The summed E-state index contributed by atoms with van der Waals surface area (Å²) in [6.07, 6.45) is 7.83. The highest BCUT2D eigenvalue weighted by Crippen LogP contribution is 2.28. The highest BCUT2D eigenvalue weighted by Gasteiger charge is 2.22. The number of nitrogens with one attached hydrogen (secondary N) is 1. The molecule has 0 bridgehead atoms. The Morgan fingerprint density at radius 1 is 1.15 bits per heavy atom. The van der Waals surface area contributed by atoms with Crippen LogP contribution < -0.4 is 10.9 Å². The number of nitrogens with zero attached hydrogens (tertiary/aromatic N) is 3. The number of fused-ring (bicyclic) bond motifs is 2. The number of carbonyl (C=O) groups is 1. The van der Waals surface area contributed by atoms with E-state index in [1.165, 1.54) is 43.7 Å². The fourth-order valence-electron chi connectivity index (χ4n) is 4.22. The number of rotatable bonds is 5. The van der Waals surface area contributed by atoms with Gasteiger partial charge < -0.3 is 10.2 Å². The molecule has 0 unspecified atom stereocenters. The van der Waals surface area contributed by atoms with Gasteiger partial charge in [0, 0.05) is 19.5 Å². The van der Waals surface area contributed by atoms with Crippen molar-refractivity contribution in [3.8, 4) is 0 Å². The number of aryl methyl sites for hydroxylation is 2. The normalized spacial score (nSPS) is 17.8. The van der Waals surface area contributed by atoms with Crippen LogP contribution in [0.5, 0.6) is 0 Å². The zero-order valence-corrected chi connectivity index (χ0v) is 16.9. The molecular formula is C20H28N4O2S. The molecule has 6 nitrogen and oxygen atoms in total. The second kappa shape index (κ2) is 8.10. The van der Waals surface area contributed by atoms with Gasteiger partial charge in [0.2, 0.25) is 0 Å². The Labute approximate surface area is 163 Å². The molecule has 0 saturated carbocycles. The third-order valence-corrected chi connectivity index (χ3v) is 6.94. The number of likely N-dealkylation sites (tertiary alicyclic amines) is 1. The molecule has 1 saturated heterocycles. The number of thiophene rings is 1. The molecule has 2 aliphatic heterocycles. The summed E-state index contributed by atoms with van der Waals surface area (Å²) in [5.74, 6) is 0.796. The molecule has 4 rings (SSSR count). The maximum atomic E-state index is 12.9. The van der Waals surface area contributed by atoms with Crippen molar-refractivity contribution < 1.29 is 4.79 Å². The SMILES string of the molecule is Cc1c(C(=O)NCCCN2CCCCC2)sc2nc3n(c(=O)c12)CCCC3. The smallest absolute Gasteiger partial charge is 0.262 e. The van der Waals surface area contributed by atoms with Gasteiger partial charge in [-0.05, 0) is 64.2 Å². The van der Waals surface area contributed by atoms with E-state index in [2.05, 4.69) is 10.2 Å². The highest BCUT2D eigenvalue weighted by molar-refractivity contribution is 7.20. The van der Waals surface area contributed by atoms with Gasteiger partial charge >= 0.3 is 0 Å². The van der Waals surface area contributed by atoms with E-state index in [0.717, 1.165) is 50.2 Å². The average Bonchev–Trinajstić information content (AvgIpc) is 3.03. The summed E-state index contributed by atoms with van der Waals surface area (Å²) in [5.41, 5.74) is 0.800. The molecule has 2 aromatic heterocycles. The lowest BCUT2D eigenvalue weighted by Crippen LogP contribution is -2.33. The fourth-order valence-corrected chi connectivity index (χ4v) is 5.32. The van der Waals surface area contributed by atoms with Crippen LogP contribution in [0.2, 0.25) is 0 Å². The van der Waals surface area contributed by atoms with Crippen molar-refractivity contribution in [2.75, 3.05) is 26.2 Å². The molecule has 0 spiro atoms. The Kier molecular flexibility index (Phi) is 5.59. The van der Waals surface area contributed by atoms with Gasteiger partial charge in [-0.25, -0.2) is 4.98 Å². The first-order chi connectivity index (χ1) is 13.1. The minimum atomic E-state index is -0.0727. The first kappa shape index (κ1) is 18.6. The van der Waals surface area contributed by atoms with E-state index in [1.807, 2.05) is 6.92 Å². The minimum Gasteiger partial charge on any atom is -0.351 e. The average molecular weight is 389 g/mol. The monoisotopic (exact) mass is 388 g/mol. The quantitative estimate of drug-likeness (QED) is 0.800. The number of carbonyl (C=O) groups excluding carboxylic acids is 1. The van der Waals surface area contributed by atoms with E-state index in [1.54, 1.807) is 4.57 Å². The van der Waals surface area contributed by atoms with Crippen LogP contribution in [0.15, 0.2) is 4.79 Å². The van der Waals surface area contributed by atoms with Crippen LogP contribution in [0.25, 0.3) is 10.2 Å². The summed E-state index contributed by atoms with van der Waals surface area (Å²) in [6, 6.07) is 0. The van der Waals surface area contributed by atoms with Crippen LogP contribution in [0, 0.1) is 6.92 Å². The third kappa shape index (κ3) is 3.80. The molecule has 0 aliphatic carbocycles. The lowest BCUT2D eigenvalue weighted by atomic mass is 10.1. The number of hydrogen-bond donors (Lipinski definition) is 1. The Balaban J connectivity index is 1.45. The molecule has 0 aromatic carbocycles. The molecule has 2 aromatic rings. The zero-order chi connectivity index (χ0) is 18.8. The van der Waals surface area contributed by atoms with Crippen LogP contribution in [0.1, 0.15) is 59.6 Å². The van der Waals surface area contributed by atoms with Gasteiger partial charge in [0.15, 0.2) is 0 Å². The first-order valence-electron chi connectivity index (χ1n) is 10.2. The molecule has 27 heavy (non-hydrogen) atoms. The van der Waals surface area contributed by atoms with Crippen molar-refractivity contribution in [1.29, 1.82) is 0 Å². The number of hydrogen-bond acceptors (Lipinski definition) is 5. The molecule has 0 radical (unpaired) electrons. The van der Waals surface area contributed by atoms with E-state index in [-0.39, 0.29) is 11.5 Å². The van der Waals surface area contributed by atoms with Gasteiger partial charge in [-0.2, -0.15) is 0 Å². The topological polar surface area (TPSA) is 67.2 Å². The molecule has 1 amide bonds. The van der Waals surface area contributed by atoms with E-state index in [9.17, 15) is 9.59 Å². The van der Waals surface area contributed by atoms with Crippen molar-refractivity contribution in [3.05, 3.63) is 26.6 Å². The highest BCUT2D eigenvalue weighted by atomic mass is 32.1. The summed E-state index contributed by atoms with van der Waals surface area (Å²) < 4.78 is 1.80. The zero-order valence-electron chi connectivity index (χ0n) is 16.1. The van der Waals surface area contributed by atoms with Crippen LogP contribution >= 0.6 is 11.3 Å². The van der Waals surface area contributed by atoms with Crippen LogP contribution in [-0.4, -0.2) is 46.5 Å². The number of piperidine rings is 1. The molecule has 1 fully saturated rings. The van der Waals surface area contributed by atoms with Gasteiger partial charge in [0.25, 0.3) is 11.5 Å². The molecule has 146 valence electrons. The van der Waals surface area contributed by atoms with E-state index >= 15 is 0 Å². The second-order valence-electron chi connectivity index (χ2n) is 7.69. The Hall–Kier alpha value is -1.73. The van der Waals surface area contributed by atoms with Crippen LogP contribution in [0.4, 0.5) is 0 Å². The van der Waals surface area contributed by atoms with Gasteiger partial charge in [-0.1, -0.05) is 6.42 Å². The molecular weight excluding hydrogens is 360 g/mol. The van der Waals surface area contributed by atoms with Crippen molar-refractivity contribution >= 4 is 27.5 Å². The second-order valence-corrected chi connectivity index (χ2v) is 8.69. The van der Waals surface area contributed by atoms with E-state index in [4.69, 9.17) is 4.98 Å².